The van der Waals surface area contributed by atoms with Crippen LogP contribution < -0.4 is 0 Å². The quantitative estimate of drug-likeness (QED) is 0.793. The average Bonchev–Trinajstić information content (AvgIpc) is 2.48. The Kier molecular flexibility index (Phi) is 5.33. The van der Waals surface area contributed by atoms with E-state index in [4.69, 9.17) is 0 Å². The zero-order chi connectivity index (χ0) is 14.4. The van der Waals surface area contributed by atoms with Crippen LogP contribution in [-0.4, -0.2) is 44.0 Å². The molecule has 20 heavy (non-hydrogen) atoms. The van der Waals surface area contributed by atoms with Crippen LogP contribution in [0.15, 0.2) is 60.7 Å². The minimum absolute atomic E-state index is 0.317. The van der Waals surface area contributed by atoms with Gasteiger partial charge in [-0.2, -0.15) is 0 Å². The van der Waals surface area contributed by atoms with E-state index in [1.165, 1.54) is 11.1 Å². The Morgan fingerprint density at radius 3 is 1.55 bits per heavy atom. The summed E-state index contributed by atoms with van der Waals surface area (Å²) in [5.74, 6) is 0. The van der Waals surface area contributed by atoms with E-state index in [9.17, 15) is 0 Å². The maximum Gasteiger partial charge on any atom is 0.0599 e. The van der Waals surface area contributed by atoms with Crippen molar-refractivity contribution in [2.24, 2.45) is 0 Å². The van der Waals surface area contributed by atoms with Crippen molar-refractivity contribution in [2.75, 3.05) is 34.2 Å². The van der Waals surface area contributed by atoms with Crippen LogP contribution in [0.5, 0.6) is 0 Å². The van der Waals surface area contributed by atoms with Crippen molar-refractivity contribution in [2.45, 2.75) is 6.04 Å². The Morgan fingerprint density at radius 1 is 0.700 bits per heavy atom. The van der Waals surface area contributed by atoms with Crippen LogP contribution in [0.4, 0.5) is 0 Å². The van der Waals surface area contributed by atoms with Crippen LogP contribution in [0.25, 0.3) is 0 Å². The highest BCUT2D eigenvalue weighted by Crippen LogP contribution is 2.27. The summed E-state index contributed by atoms with van der Waals surface area (Å²) >= 11 is 0. The number of nitrogens with zero attached hydrogens (tertiary/aromatic N) is 2. The number of hydrogen-bond acceptors (Lipinski definition) is 2. The summed E-state index contributed by atoms with van der Waals surface area (Å²) in [6.07, 6.45) is 0. The molecule has 0 aliphatic rings. The zero-order valence-electron chi connectivity index (χ0n) is 12.7. The molecule has 0 N–H and O–H groups in total. The number of rotatable bonds is 6. The lowest BCUT2D eigenvalue weighted by Crippen LogP contribution is -2.32. The van der Waals surface area contributed by atoms with E-state index in [2.05, 4.69) is 91.6 Å². The van der Waals surface area contributed by atoms with Gasteiger partial charge in [0.15, 0.2) is 0 Å². The summed E-state index contributed by atoms with van der Waals surface area (Å²) < 4.78 is 0. The van der Waals surface area contributed by atoms with Crippen LogP contribution in [-0.2, 0) is 0 Å². The maximum atomic E-state index is 2.42. The summed E-state index contributed by atoms with van der Waals surface area (Å²) in [5, 5.41) is 0. The second-order valence-electron chi connectivity index (χ2n) is 5.51. The van der Waals surface area contributed by atoms with Crippen molar-refractivity contribution in [1.82, 2.24) is 9.80 Å². The third kappa shape index (κ3) is 3.92. The first kappa shape index (κ1) is 14.8. The molecule has 0 heterocycles. The molecule has 0 unspecified atom stereocenters. The Balaban J connectivity index is 2.25. The fraction of sp³-hybridized carbons (Fsp3) is 0.333. The molecule has 0 amide bonds. The van der Waals surface area contributed by atoms with E-state index in [0.29, 0.717) is 6.04 Å². The second kappa shape index (κ2) is 7.22. The molecule has 2 rings (SSSR count). The first-order valence-corrected chi connectivity index (χ1v) is 7.13. The largest absolute Gasteiger partial charge is 0.308 e. The molecule has 0 aliphatic carbocycles. The fourth-order valence-electron chi connectivity index (χ4n) is 2.46. The monoisotopic (exact) mass is 268 g/mol. The zero-order valence-corrected chi connectivity index (χ0v) is 12.7. The molecule has 106 valence electrons. The Hall–Kier alpha value is -1.64. The molecule has 0 aliphatic heterocycles. The lowest BCUT2D eigenvalue weighted by molar-refractivity contribution is 0.244. The molecular weight excluding hydrogens is 244 g/mol. The molecule has 0 saturated heterocycles. The average molecular weight is 268 g/mol. The van der Waals surface area contributed by atoms with Gasteiger partial charge in [0.25, 0.3) is 0 Å². The molecule has 0 bridgehead atoms. The van der Waals surface area contributed by atoms with Gasteiger partial charge in [-0.05, 0) is 32.3 Å². The summed E-state index contributed by atoms with van der Waals surface area (Å²) in [6.45, 7) is 2.11. The highest BCUT2D eigenvalue weighted by atomic mass is 15.2. The number of hydrogen-bond donors (Lipinski definition) is 0. The van der Waals surface area contributed by atoms with Crippen molar-refractivity contribution in [3.63, 3.8) is 0 Å². The van der Waals surface area contributed by atoms with Gasteiger partial charge in [-0.3, -0.25) is 4.90 Å². The minimum atomic E-state index is 0.317. The molecule has 0 spiro atoms. The van der Waals surface area contributed by atoms with Crippen LogP contribution in [0.1, 0.15) is 17.2 Å². The van der Waals surface area contributed by atoms with Gasteiger partial charge in [-0.25, -0.2) is 0 Å². The molecular formula is C18H24N2. The second-order valence-corrected chi connectivity index (χ2v) is 5.51. The normalized spacial score (nSPS) is 11.5. The first-order chi connectivity index (χ1) is 9.68. The standard InChI is InChI=1S/C18H24N2/c1-19(2)14-15-20(3)18(16-10-6-4-7-11-16)17-12-8-5-9-13-17/h4-13,18H,14-15H2,1-3H3. The van der Waals surface area contributed by atoms with Crippen LogP contribution in [0, 0.1) is 0 Å². The van der Waals surface area contributed by atoms with Gasteiger partial charge >= 0.3 is 0 Å². The van der Waals surface area contributed by atoms with Crippen molar-refractivity contribution in [3.05, 3.63) is 71.8 Å². The van der Waals surface area contributed by atoms with Crippen molar-refractivity contribution in [1.29, 1.82) is 0 Å². The molecule has 0 saturated carbocycles. The summed E-state index contributed by atoms with van der Waals surface area (Å²) in [4.78, 5) is 4.65. The third-order valence-corrected chi connectivity index (χ3v) is 3.57. The lowest BCUT2D eigenvalue weighted by Gasteiger charge is -2.30. The highest BCUT2D eigenvalue weighted by molar-refractivity contribution is 5.31. The van der Waals surface area contributed by atoms with E-state index in [1.807, 2.05) is 0 Å². The summed E-state index contributed by atoms with van der Waals surface area (Å²) in [5.41, 5.74) is 2.69. The lowest BCUT2D eigenvalue weighted by atomic mass is 9.97. The molecule has 2 aromatic carbocycles. The van der Waals surface area contributed by atoms with Gasteiger partial charge < -0.3 is 4.90 Å². The number of benzene rings is 2. The first-order valence-electron chi connectivity index (χ1n) is 7.13. The maximum absolute atomic E-state index is 2.42. The van der Waals surface area contributed by atoms with Crippen molar-refractivity contribution >= 4 is 0 Å². The van der Waals surface area contributed by atoms with Crippen LogP contribution in [0.2, 0.25) is 0 Å². The van der Waals surface area contributed by atoms with Gasteiger partial charge in [0, 0.05) is 13.1 Å². The van der Waals surface area contributed by atoms with Crippen LogP contribution in [0.3, 0.4) is 0 Å². The third-order valence-electron chi connectivity index (χ3n) is 3.57. The SMILES string of the molecule is CN(C)CCN(C)C(c1ccccc1)c1ccccc1. The molecule has 0 atom stereocenters. The Bertz CT molecular complexity index is 454. The van der Waals surface area contributed by atoms with Gasteiger partial charge in [-0.1, -0.05) is 60.7 Å². The van der Waals surface area contributed by atoms with E-state index in [0.717, 1.165) is 13.1 Å². The van der Waals surface area contributed by atoms with Gasteiger partial charge in [0.2, 0.25) is 0 Å². The van der Waals surface area contributed by atoms with E-state index in [-0.39, 0.29) is 0 Å². The molecule has 2 heteroatoms. The van der Waals surface area contributed by atoms with Gasteiger partial charge in [-0.15, -0.1) is 0 Å². The van der Waals surface area contributed by atoms with E-state index < -0.39 is 0 Å². The highest BCUT2D eigenvalue weighted by Gasteiger charge is 2.18. The van der Waals surface area contributed by atoms with E-state index in [1.54, 1.807) is 0 Å². The predicted octanol–water partition coefficient (Wildman–Crippen LogP) is 3.27. The smallest absolute Gasteiger partial charge is 0.0599 e. The molecule has 0 aromatic heterocycles. The Labute approximate surface area is 122 Å². The van der Waals surface area contributed by atoms with Crippen LogP contribution >= 0.6 is 0 Å². The predicted molar refractivity (Wildman–Crippen MR) is 85.9 cm³/mol. The topological polar surface area (TPSA) is 6.48 Å². The summed E-state index contributed by atoms with van der Waals surface area (Å²) in [6, 6.07) is 21.8. The number of likely N-dealkylation sites (N-methyl/N-ethyl adjacent to an activating group) is 2. The minimum Gasteiger partial charge on any atom is -0.308 e. The van der Waals surface area contributed by atoms with Gasteiger partial charge in [0.1, 0.15) is 0 Å². The molecule has 2 nitrogen and oxygen atoms in total. The van der Waals surface area contributed by atoms with Crippen molar-refractivity contribution < 1.29 is 0 Å². The van der Waals surface area contributed by atoms with Crippen molar-refractivity contribution in [3.8, 4) is 0 Å². The molecule has 0 fully saturated rings. The molecule has 0 radical (unpaired) electrons. The molecule has 2 aromatic rings. The van der Waals surface area contributed by atoms with E-state index >= 15 is 0 Å². The Morgan fingerprint density at radius 2 is 1.15 bits per heavy atom. The van der Waals surface area contributed by atoms with Gasteiger partial charge in [0.05, 0.1) is 6.04 Å². The summed E-state index contributed by atoms with van der Waals surface area (Å²) in [7, 11) is 6.44. The fourth-order valence-corrected chi connectivity index (χ4v) is 2.46.